The molecule has 0 bridgehead atoms. The maximum absolute atomic E-state index is 0. The fourth-order valence-electron chi connectivity index (χ4n) is 0. The summed E-state index contributed by atoms with van der Waals surface area (Å²) in [6.45, 7) is 0. The fraction of sp³-hybridized carbons (Fsp3) is 0. The SMILES string of the molecule is Br.Cl.[Cu].[NaH]. The summed E-state index contributed by atoms with van der Waals surface area (Å²) in [6, 6.07) is 0. The van der Waals surface area contributed by atoms with Crippen LogP contribution in [-0.4, -0.2) is 29.6 Å². The zero-order valence-electron chi connectivity index (χ0n) is 1.12. The molecule has 0 aromatic rings. The molecule has 0 fully saturated rings. The molecule has 0 unspecified atom stereocenters. The van der Waals surface area contributed by atoms with Crippen LogP contribution in [-0.2, 0) is 17.1 Å². The van der Waals surface area contributed by atoms with E-state index in [-0.39, 0.29) is 76.0 Å². The summed E-state index contributed by atoms with van der Waals surface area (Å²) in [5, 5.41) is 0. The summed E-state index contributed by atoms with van der Waals surface area (Å²) in [5.41, 5.74) is 0. The van der Waals surface area contributed by atoms with Crippen molar-refractivity contribution in [2.75, 3.05) is 0 Å². The molecule has 0 aromatic heterocycles. The summed E-state index contributed by atoms with van der Waals surface area (Å²) < 4.78 is 0. The van der Waals surface area contributed by atoms with Gasteiger partial charge in [0.2, 0.25) is 0 Å². The summed E-state index contributed by atoms with van der Waals surface area (Å²) >= 11 is 0. The van der Waals surface area contributed by atoms with Gasteiger partial charge in [-0.2, -0.15) is 0 Å². The standard InChI is InChI=1S/BrH.ClH.Cu.Na.H/h2*1H;;;. The van der Waals surface area contributed by atoms with E-state index >= 15 is 0 Å². The number of hydrogen-bond acceptors (Lipinski definition) is 0. The Morgan fingerprint density at radius 1 is 1.00 bits per heavy atom. The zero-order valence-corrected chi connectivity index (χ0v) is 4.59. The Hall–Kier alpha value is 2.29. The molecule has 0 aromatic carbocycles. The van der Waals surface area contributed by atoms with Gasteiger partial charge in [0.25, 0.3) is 0 Å². The van der Waals surface area contributed by atoms with E-state index in [2.05, 4.69) is 0 Å². The van der Waals surface area contributed by atoms with E-state index in [4.69, 9.17) is 0 Å². The van der Waals surface area contributed by atoms with E-state index in [1.54, 1.807) is 0 Å². The molecule has 29 valence electrons. The Balaban J connectivity index is 0. The van der Waals surface area contributed by atoms with E-state index in [1.165, 1.54) is 0 Å². The van der Waals surface area contributed by atoms with Crippen molar-refractivity contribution in [2.45, 2.75) is 0 Å². The number of hydrogen-bond donors (Lipinski definition) is 0. The monoisotopic (exact) mass is 203 g/mol. The Morgan fingerprint density at radius 3 is 1.00 bits per heavy atom. The van der Waals surface area contributed by atoms with Crippen molar-refractivity contribution in [3.63, 3.8) is 0 Å². The van der Waals surface area contributed by atoms with Gasteiger partial charge in [-0.15, -0.1) is 29.4 Å². The molecule has 0 aliphatic rings. The van der Waals surface area contributed by atoms with Crippen LogP contribution < -0.4 is 0 Å². The van der Waals surface area contributed by atoms with Crippen LogP contribution in [0, 0.1) is 0 Å². The molecule has 1 radical (unpaired) electrons. The Labute approximate surface area is 75.0 Å². The average Bonchev–Trinajstić information content (AvgIpc) is 0. The first kappa shape index (κ1) is 33.6. The van der Waals surface area contributed by atoms with Crippen LogP contribution in [0.15, 0.2) is 0 Å². The van der Waals surface area contributed by atoms with Gasteiger partial charge in [0.15, 0.2) is 0 Å². The van der Waals surface area contributed by atoms with E-state index in [9.17, 15) is 0 Å². The van der Waals surface area contributed by atoms with Crippen molar-refractivity contribution in [3.05, 3.63) is 0 Å². The third kappa shape index (κ3) is 8.85. The number of rotatable bonds is 0. The van der Waals surface area contributed by atoms with Gasteiger partial charge in [-0.1, -0.05) is 0 Å². The van der Waals surface area contributed by atoms with E-state index in [0.29, 0.717) is 0 Å². The quantitative estimate of drug-likeness (QED) is 0.500. The Bertz CT molecular complexity index is 8.00. The van der Waals surface area contributed by atoms with Gasteiger partial charge < -0.3 is 0 Å². The second-order valence-corrected chi connectivity index (χ2v) is 0. The second-order valence-electron chi connectivity index (χ2n) is 0. The zero-order chi connectivity index (χ0) is 0. The first-order chi connectivity index (χ1) is 0. The van der Waals surface area contributed by atoms with E-state index < -0.39 is 0 Å². The van der Waals surface area contributed by atoms with Crippen molar-refractivity contribution in [2.24, 2.45) is 0 Å². The topological polar surface area (TPSA) is 0 Å². The summed E-state index contributed by atoms with van der Waals surface area (Å²) in [4.78, 5) is 0. The molecule has 0 saturated carbocycles. The third-order valence-corrected chi connectivity index (χ3v) is 0. The summed E-state index contributed by atoms with van der Waals surface area (Å²) in [6.07, 6.45) is 0. The van der Waals surface area contributed by atoms with Crippen LogP contribution in [0.5, 0.6) is 0 Å². The minimum absolute atomic E-state index is 0. The van der Waals surface area contributed by atoms with Gasteiger partial charge in [-0.3, -0.25) is 0 Å². The average molecular weight is 205 g/mol. The minimum atomic E-state index is 0. The van der Waals surface area contributed by atoms with Gasteiger partial charge in [-0.25, -0.2) is 0 Å². The van der Waals surface area contributed by atoms with Crippen LogP contribution in [0.25, 0.3) is 0 Å². The molecule has 0 rings (SSSR count). The maximum atomic E-state index is 0. The molecule has 0 atom stereocenters. The van der Waals surface area contributed by atoms with Crippen LogP contribution in [0.4, 0.5) is 0 Å². The third-order valence-electron chi connectivity index (χ3n) is 0. The number of halogens is 2. The molecule has 0 aliphatic carbocycles. The van der Waals surface area contributed by atoms with Crippen LogP contribution in [0.3, 0.4) is 0 Å². The Kier molecular flexibility index (Phi) is 156. The molecular weight excluding hydrogens is 202 g/mol. The van der Waals surface area contributed by atoms with E-state index in [1.807, 2.05) is 0 Å². The van der Waals surface area contributed by atoms with Gasteiger partial charge in [0, 0.05) is 17.1 Å². The molecule has 0 nitrogen and oxygen atoms in total. The molecule has 0 saturated heterocycles. The Morgan fingerprint density at radius 2 is 1.00 bits per heavy atom. The van der Waals surface area contributed by atoms with Crippen molar-refractivity contribution in [1.82, 2.24) is 0 Å². The summed E-state index contributed by atoms with van der Waals surface area (Å²) in [7, 11) is 0. The molecule has 0 aliphatic heterocycles. The van der Waals surface area contributed by atoms with Crippen LogP contribution >= 0.6 is 29.4 Å². The van der Waals surface area contributed by atoms with Crippen LogP contribution in [0.1, 0.15) is 0 Å². The predicted octanol–water partition coefficient (Wildman–Crippen LogP) is 0.349. The van der Waals surface area contributed by atoms with Crippen molar-refractivity contribution < 1.29 is 17.1 Å². The van der Waals surface area contributed by atoms with Gasteiger partial charge in [-0.05, 0) is 0 Å². The van der Waals surface area contributed by atoms with Gasteiger partial charge in [0.05, 0.1) is 0 Å². The van der Waals surface area contributed by atoms with Crippen molar-refractivity contribution >= 4 is 58.9 Å². The molecule has 0 spiro atoms. The fourth-order valence-corrected chi connectivity index (χ4v) is 0. The normalized spacial score (nSPS) is 0. The predicted molar refractivity (Wildman–Crippen MR) is 24.7 cm³/mol. The molecule has 0 N–H and O–H groups in total. The van der Waals surface area contributed by atoms with Gasteiger partial charge in [0.1, 0.15) is 0 Å². The summed E-state index contributed by atoms with van der Waals surface area (Å²) in [5.74, 6) is 0. The van der Waals surface area contributed by atoms with Gasteiger partial charge >= 0.3 is 29.6 Å². The van der Waals surface area contributed by atoms with Crippen molar-refractivity contribution in [3.8, 4) is 0 Å². The molecule has 0 heterocycles. The first-order valence-electron chi connectivity index (χ1n) is 0. The molecular formula is H3BrClCuNa. The van der Waals surface area contributed by atoms with E-state index in [0.717, 1.165) is 0 Å². The first-order valence-corrected chi connectivity index (χ1v) is 0. The second kappa shape index (κ2) is 18.6. The molecule has 4 heteroatoms. The molecule has 0 amide bonds. The van der Waals surface area contributed by atoms with Crippen LogP contribution in [0.2, 0.25) is 0 Å². The molecule has 4 heavy (non-hydrogen) atoms. The van der Waals surface area contributed by atoms with Crippen molar-refractivity contribution in [1.29, 1.82) is 0 Å².